The predicted octanol–water partition coefficient (Wildman–Crippen LogP) is 1.50. The Morgan fingerprint density at radius 3 is 2.71 bits per heavy atom. The van der Waals surface area contributed by atoms with Gasteiger partial charge in [0.15, 0.2) is 5.15 Å². The number of halogens is 1. The highest BCUT2D eigenvalue weighted by molar-refractivity contribution is 7.12. The Labute approximate surface area is 49.4 Å². The van der Waals surface area contributed by atoms with Gasteiger partial charge in [-0.05, 0) is 0 Å². The molecule has 0 aliphatic heterocycles. The van der Waals surface area contributed by atoms with Crippen LogP contribution in [-0.2, 0) is 0 Å². The number of rotatable bonds is 0. The minimum absolute atomic E-state index is 0.0849. The molecule has 0 bridgehead atoms. The molecule has 7 heavy (non-hydrogen) atoms. The highest BCUT2D eigenvalue weighted by atomic mass is 35.5. The minimum atomic E-state index is 0.0849. The molecule has 0 aliphatic rings. The topological polar surface area (TPSA) is 33.1 Å². The van der Waals surface area contributed by atoms with Crippen LogP contribution in [0.2, 0.25) is 5.15 Å². The minimum Gasteiger partial charge on any atom is -0.497 e. The molecule has 1 aromatic heterocycles. The monoisotopic (exact) mass is 135 g/mol. The summed E-state index contributed by atoms with van der Waals surface area (Å²) >= 11 is 6.39. The Bertz CT molecular complexity index is 147. The van der Waals surface area contributed by atoms with Crippen LogP contribution < -0.4 is 0 Å². The number of hydrogen-bond acceptors (Lipinski definition) is 3. The van der Waals surface area contributed by atoms with Crippen LogP contribution in [0, 0.1) is 0 Å². The van der Waals surface area contributed by atoms with Gasteiger partial charge in [0.25, 0.3) is 0 Å². The molecule has 1 aromatic rings. The van der Waals surface area contributed by atoms with E-state index in [0.29, 0.717) is 0 Å². The number of aromatic hydroxyl groups is 1. The van der Waals surface area contributed by atoms with Crippen LogP contribution in [0.4, 0.5) is 0 Å². The van der Waals surface area contributed by atoms with Crippen LogP contribution in [0.1, 0.15) is 0 Å². The average Bonchev–Trinajstić information content (AvgIpc) is 1.91. The lowest BCUT2D eigenvalue weighted by Crippen LogP contribution is -1.54. The third kappa shape index (κ3) is 0.838. The number of nitrogens with zero attached hydrogens (tertiary/aromatic N) is 1. The zero-order chi connectivity index (χ0) is 5.28. The van der Waals surface area contributed by atoms with Crippen molar-refractivity contribution in [2.75, 3.05) is 0 Å². The maximum Gasteiger partial charge on any atom is 0.211 e. The van der Waals surface area contributed by atoms with Gasteiger partial charge in [0, 0.05) is 0 Å². The maximum atomic E-state index is 8.58. The van der Waals surface area contributed by atoms with Gasteiger partial charge in [0.05, 0.1) is 5.51 Å². The molecule has 38 valence electrons. The van der Waals surface area contributed by atoms with Gasteiger partial charge in [0.1, 0.15) is 0 Å². The first-order valence-electron chi connectivity index (χ1n) is 1.58. The second kappa shape index (κ2) is 1.68. The van der Waals surface area contributed by atoms with E-state index in [9.17, 15) is 0 Å². The molecule has 0 saturated heterocycles. The van der Waals surface area contributed by atoms with E-state index in [1.54, 1.807) is 0 Å². The summed E-state index contributed by atoms with van der Waals surface area (Å²) < 4.78 is 0. The first-order chi connectivity index (χ1) is 3.30. The molecule has 0 radical (unpaired) electrons. The third-order valence-electron chi connectivity index (χ3n) is 0.507. The maximum absolute atomic E-state index is 8.58. The summed E-state index contributed by atoms with van der Waals surface area (Å²) in [5, 5.41) is 8.85. The van der Waals surface area contributed by atoms with E-state index in [0.717, 1.165) is 11.3 Å². The average molecular weight is 136 g/mol. The largest absolute Gasteiger partial charge is 0.497 e. The molecule has 0 unspecified atom stereocenters. The summed E-state index contributed by atoms with van der Waals surface area (Å²) in [5.41, 5.74) is 1.48. The van der Waals surface area contributed by atoms with E-state index in [2.05, 4.69) is 4.98 Å². The summed E-state index contributed by atoms with van der Waals surface area (Å²) in [6.07, 6.45) is 0. The lowest BCUT2D eigenvalue weighted by Gasteiger charge is -1.74. The summed E-state index contributed by atoms with van der Waals surface area (Å²) in [6, 6.07) is 0. The standard InChI is InChI=1S/C3H2ClNOS/c4-2-3(6)7-1-5-2/h1,6H. The molecule has 1 rings (SSSR count). The molecule has 0 aliphatic carbocycles. The zero-order valence-corrected chi connectivity index (χ0v) is 4.83. The van der Waals surface area contributed by atoms with Crippen molar-refractivity contribution >= 4 is 22.9 Å². The lowest BCUT2D eigenvalue weighted by atomic mass is 10.9. The van der Waals surface area contributed by atoms with Crippen molar-refractivity contribution in [3.63, 3.8) is 0 Å². The van der Waals surface area contributed by atoms with Crippen molar-refractivity contribution in [3.8, 4) is 5.06 Å². The number of hydrogen-bond donors (Lipinski definition) is 1. The molecule has 0 atom stereocenters. The molecule has 0 spiro atoms. The van der Waals surface area contributed by atoms with Gasteiger partial charge in [0.2, 0.25) is 5.06 Å². The molecular formula is C3H2ClNOS. The fourth-order valence-corrected chi connectivity index (χ4v) is 0.875. The van der Waals surface area contributed by atoms with Crippen molar-refractivity contribution in [2.24, 2.45) is 0 Å². The third-order valence-corrected chi connectivity index (χ3v) is 1.52. The molecule has 0 fully saturated rings. The van der Waals surface area contributed by atoms with Crippen LogP contribution in [0.5, 0.6) is 5.06 Å². The second-order valence-corrected chi connectivity index (χ2v) is 2.14. The Hall–Kier alpha value is -0.280. The van der Waals surface area contributed by atoms with Crippen LogP contribution in [0.25, 0.3) is 0 Å². The molecule has 1 N–H and O–H groups in total. The molecule has 0 aromatic carbocycles. The van der Waals surface area contributed by atoms with Gasteiger partial charge >= 0.3 is 0 Å². The summed E-state index contributed by atoms with van der Waals surface area (Å²) in [4.78, 5) is 3.55. The first kappa shape index (κ1) is 4.87. The highest BCUT2D eigenvalue weighted by Crippen LogP contribution is 2.24. The highest BCUT2D eigenvalue weighted by Gasteiger charge is 1.95. The van der Waals surface area contributed by atoms with Gasteiger partial charge in [-0.2, -0.15) is 0 Å². The Kier molecular flexibility index (Phi) is 1.17. The second-order valence-electron chi connectivity index (χ2n) is 0.948. The Morgan fingerprint density at radius 1 is 1.86 bits per heavy atom. The molecular weight excluding hydrogens is 134 g/mol. The predicted molar refractivity (Wildman–Crippen MR) is 28.8 cm³/mol. The van der Waals surface area contributed by atoms with Crippen molar-refractivity contribution in [2.45, 2.75) is 0 Å². The van der Waals surface area contributed by atoms with Crippen molar-refractivity contribution < 1.29 is 5.11 Å². The summed E-state index contributed by atoms with van der Waals surface area (Å²) in [6.45, 7) is 0. The van der Waals surface area contributed by atoms with Crippen molar-refractivity contribution in [3.05, 3.63) is 10.7 Å². The fraction of sp³-hybridized carbons (Fsp3) is 0. The quantitative estimate of drug-likeness (QED) is 0.585. The summed E-state index contributed by atoms with van der Waals surface area (Å²) in [5.74, 6) is 0. The van der Waals surface area contributed by atoms with Crippen LogP contribution in [0.3, 0.4) is 0 Å². The van der Waals surface area contributed by atoms with Crippen molar-refractivity contribution in [1.82, 2.24) is 4.98 Å². The Balaban J connectivity index is 3.12. The van der Waals surface area contributed by atoms with E-state index in [1.807, 2.05) is 0 Å². The van der Waals surface area contributed by atoms with Gasteiger partial charge < -0.3 is 5.11 Å². The summed E-state index contributed by atoms with van der Waals surface area (Å²) in [7, 11) is 0. The van der Waals surface area contributed by atoms with Crippen LogP contribution >= 0.6 is 22.9 Å². The number of thiazole rings is 1. The van der Waals surface area contributed by atoms with E-state index in [4.69, 9.17) is 16.7 Å². The van der Waals surface area contributed by atoms with E-state index in [-0.39, 0.29) is 10.2 Å². The SMILES string of the molecule is Oc1scnc1Cl. The van der Waals surface area contributed by atoms with Crippen molar-refractivity contribution in [1.29, 1.82) is 0 Å². The molecule has 0 saturated carbocycles. The van der Waals surface area contributed by atoms with Crippen LogP contribution in [0.15, 0.2) is 5.51 Å². The van der Waals surface area contributed by atoms with Gasteiger partial charge in [-0.3, -0.25) is 0 Å². The zero-order valence-electron chi connectivity index (χ0n) is 3.26. The first-order valence-corrected chi connectivity index (χ1v) is 2.84. The normalized spacial score (nSPS) is 9.29. The van der Waals surface area contributed by atoms with Gasteiger partial charge in [-0.15, -0.1) is 0 Å². The molecule has 1 heterocycles. The van der Waals surface area contributed by atoms with E-state index in [1.165, 1.54) is 5.51 Å². The molecule has 4 heteroatoms. The fourth-order valence-electron chi connectivity index (χ4n) is 0.226. The van der Waals surface area contributed by atoms with Gasteiger partial charge in [-0.1, -0.05) is 22.9 Å². The lowest BCUT2D eigenvalue weighted by molar-refractivity contribution is 0.489. The Morgan fingerprint density at radius 2 is 2.57 bits per heavy atom. The molecule has 0 amide bonds. The molecule has 2 nitrogen and oxygen atoms in total. The smallest absolute Gasteiger partial charge is 0.211 e. The van der Waals surface area contributed by atoms with Gasteiger partial charge in [-0.25, -0.2) is 4.98 Å². The van der Waals surface area contributed by atoms with E-state index >= 15 is 0 Å². The van der Waals surface area contributed by atoms with Crippen LogP contribution in [-0.4, -0.2) is 10.1 Å². The van der Waals surface area contributed by atoms with E-state index < -0.39 is 0 Å². The number of aromatic nitrogens is 1.